The predicted molar refractivity (Wildman–Crippen MR) is 80.2 cm³/mol. The summed E-state index contributed by atoms with van der Waals surface area (Å²) in [4.78, 5) is -0.376. The molecule has 0 aliphatic rings. The first kappa shape index (κ1) is 17.8. The van der Waals surface area contributed by atoms with Crippen molar-refractivity contribution in [3.05, 3.63) is 24.3 Å². The fourth-order valence-electron chi connectivity index (χ4n) is 2.02. The second kappa shape index (κ2) is 7.17. The second-order valence-electron chi connectivity index (χ2n) is 5.09. The maximum Gasteiger partial charge on any atom is 0.341 e. The maximum absolute atomic E-state index is 12.4. The molecule has 0 atom stereocenters. The van der Waals surface area contributed by atoms with Crippen LogP contribution in [-0.4, -0.2) is 27.3 Å². The molecule has 4 nitrogen and oxygen atoms in total. The van der Waals surface area contributed by atoms with Crippen LogP contribution >= 0.6 is 0 Å². The molecule has 0 saturated heterocycles. The quantitative estimate of drug-likeness (QED) is 0.772. The molecule has 7 heteroatoms. The number of nitrogens with two attached hydrogens (primary N) is 1. The summed E-state index contributed by atoms with van der Waals surface area (Å²) >= 11 is 0. The zero-order chi connectivity index (χ0) is 16.1. The summed E-state index contributed by atoms with van der Waals surface area (Å²) in [6.07, 6.45) is 1.84. The Morgan fingerprint density at radius 2 is 1.71 bits per heavy atom. The van der Waals surface area contributed by atoms with Gasteiger partial charge in [0.2, 0.25) is 9.84 Å². The zero-order valence-corrected chi connectivity index (χ0v) is 13.1. The third-order valence-corrected chi connectivity index (χ3v) is 5.42. The van der Waals surface area contributed by atoms with Gasteiger partial charge in [-0.05, 0) is 49.1 Å². The Morgan fingerprint density at radius 3 is 2.10 bits per heavy atom. The molecule has 0 heterocycles. The molecule has 21 heavy (non-hydrogen) atoms. The summed E-state index contributed by atoms with van der Waals surface area (Å²) in [5.74, 6) is -3.40. The molecular formula is C14H22F2N2O2S. The van der Waals surface area contributed by atoms with Crippen LogP contribution in [0.1, 0.15) is 26.7 Å². The van der Waals surface area contributed by atoms with Crippen molar-refractivity contribution in [2.45, 2.75) is 37.3 Å². The molecular weight excluding hydrogens is 298 g/mol. The standard InChI is InChI=1S/C14H22F2N2O2S/c1-3-14(4-2,9-17)10-18-11-5-7-12(8-6-11)21(19,20)13(15)16/h5-8,13,18H,3-4,9-10,17H2,1-2H3. The SMILES string of the molecule is CCC(CC)(CN)CNc1ccc(S(=O)(=O)C(F)F)cc1. The first-order valence-electron chi connectivity index (χ1n) is 6.87. The highest BCUT2D eigenvalue weighted by Gasteiger charge is 2.27. The predicted octanol–water partition coefficient (Wildman–Crippen LogP) is 2.86. The van der Waals surface area contributed by atoms with E-state index < -0.39 is 15.6 Å². The van der Waals surface area contributed by atoms with E-state index in [-0.39, 0.29) is 10.3 Å². The van der Waals surface area contributed by atoms with Crippen molar-refractivity contribution in [1.82, 2.24) is 0 Å². The topological polar surface area (TPSA) is 72.2 Å². The Kier molecular flexibility index (Phi) is 6.10. The molecule has 0 saturated carbocycles. The van der Waals surface area contributed by atoms with E-state index in [4.69, 9.17) is 5.73 Å². The Bertz CT molecular complexity index is 532. The molecule has 1 aromatic carbocycles. The largest absolute Gasteiger partial charge is 0.384 e. The minimum atomic E-state index is -4.53. The van der Waals surface area contributed by atoms with Crippen LogP contribution in [0.2, 0.25) is 0 Å². The van der Waals surface area contributed by atoms with Gasteiger partial charge in [0, 0.05) is 12.2 Å². The van der Waals surface area contributed by atoms with E-state index in [2.05, 4.69) is 19.2 Å². The maximum atomic E-state index is 12.4. The number of anilines is 1. The minimum Gasteiger partial charge on any atom is -0.384 e. The van der Waals surface area contributed by atoms with Gasteiger partial charge in [0.05, 0.1) is 4.90 Å². The van der Waals surface area contributed by atoms with Crippen molar-refractivity contribution in [1.29, 1.82) is 0 Å². The van der Waals surface area contributed by atoms with Gasteiger partial charge in [-0.15, -0.1) is 0 Å². The first-order chi connectivity index (χ1) is 9.81. The van der Waals surface area contributed by atoms with Crippen molar-refractivity contribution in [2.24, 2.45) is 11.1 Å². The smallest absolute Gasteiger partial charge is 0.341 e. The van der Waals surface area contributed by atoms with Crippen LogP contribution < -0.4 is 11.1 Å². The summed E-state index contributed by atoms with van der Waals surface area (Å²) in [5, 5.41) is 3.18. The number of hydrogen-bond acceptors (Lipinski definition) is 4. The summed E-state index contributed by atoms with van der Waals surface area (Å²) in [6, 6.07) is 5.35. The molecule has 0 aliphatic heterocycles. The van der Waals surface area contributed by atoms with E-state index in [9.17, 15) is 17.2 Å². The molecule has 0 bridgehead atoms. The fourth-order valence-corrected chi connectivity index (χ4v) is 2.74. The van der Waals surface area contributed by atoms with Gasteiger partial charge >= 0.3 is 5.76 Å². The number of benzene rings is 1. The lowest BCUT2D eigenvalue weighted by atomic mass is 9.82. The molecule has 3 N–H and O–H groups in total. The van der Waals surface area contributed by atoms with Gasteiger partial charge in [0.1, 0.15) is 0 Å². The van der Waals surface area contributed by atoms with Crippen LogP contribution in [0.3, 0.4) is 0 Å². The Balaban J connectivity index is 2.81. The number of sulfone groups is 1. The van der Waals surface area contributed by atoms with Crippen molar-refractivity contribution in [3.63, 3.8) is 0 Å². The van der Waals surface area contributed by atoms with E-state index in [1.807, 2.05) is 0 Å². The van der Waals surface area contributed by atoms with Crippen LogP contribution in [-0.2, 0) is 9.84 Å². The summed E-state index contributed by atoms with van der Waals surface area (Å²) in [6.45, 7) is 5.33. The molecule has 1 rings (SSSR count). The summed E-state index contributed by atoms with van der Waals surface area (Å²) in [5.41, 5.74) is 6.47. The molecule has 0 aliphatic carbocycles. The first-order valence-corrected chi connectivity index (χ1v) is 8.42. The van der Waals surface area contributed by atoms with Gasteiger partial charge in [-0.2, -0.15) is 8.78 Å². The molecule has 0 fully saturated rings. The zero-order valence-electron chi connectivity index (χ0n) is 12.3. The van der Waals surface area contributed by atoms with E-state index in [0.29, 0.717) is 18.8 Å². The number of hydrogen-bond donors (Lipinski definition) is 2. The normalized spacial score (nSPS) is 12.7. The molecule has 0 amide bonds. The van der Waals surface area contributed by atoms with Crippen LogP contribution in [0.15, 0.2) is 29.2 Å². The minimum absolute atomic E-state index is 0.0201. The van der Waals surface area contributed by atoms with Crippen LogP contribution in [0, 0.1) is 5.41 Å². The highest BCUT2D eigenvalue weighted by atomic mass is 32.2. The van der Waals surface area contributed by atoms with Crippen molar-refractivity contribution in [3.8, 4) is 0 Å². The van der Waals surface area contributed by atoms with Gasteiger partial charge in [-0.25, -0.2) is 8.42 Å². The highest BCUT2D eigenvalue weighted by molar-refractivity contribution is 7.91. The van der Waals surface area contributed by atoms with E-state index >= 15 is 0 Å². The van der Waals surface area contributed by atoms with Crippen molar-refractivity contribution in [2.75, 3.05) is 18.4 Å². The second-order valence-corrected chi connectivity index (χ2v) is 7.01. The molecule has 0 unspecified atom stereocenters. The molecule has 0 spiro atoms. The lowest BCUT2D eigenvalue weighted by Gasteiger charge is -2.30. The summed E-state index contributed by atoms with van der Waals surface area (Å²) < 4.78 is 47.5. The molecule has 0 radical (unpaired) electrons. The van der Waals surface area contributed by atoms with Crippen molar-refractivity contribution >= 4 is 15.5 Å². The Morgan fingerprint density at radius 1 is 1.19 bits per heavy atom. The van der Waals surface area contributed by atoms with Gasteiger partial charge in [-0.1, -0.05) is 13.8 Å². The third-order valence-electron chi connectivity index (χ3n) is 4.02. The van der Waals surface area contributed by atoms with Crippen LogP contribution in [0.5, 0.6) is 0 Å². The molecule has 0 aromatic heterocycles. The van der Waals surface area contributed by atoms with Gasteiger partial charge in [0.15, 0.2) is 0 Å². The van der Waals surface area contributed by atoms with Crippen molar-refractivity contribution < 1.29 is 17.2 Å². The van der Waals surface area contributed by atoms with E-state index in [1.165, 1.54) is 24.3 Å². The van der Waals surface area contributed by atoms with E-state index in [1.54, 1.807) is 0 Å². The van der Waals surface area contributed by atoms with E-state index in [0.717, 1.165) is 12.8 Å². The van der Waals surface area contributed by atoms with Gasteiger partial charge in [0.25, 0.3) is 0 Å². The Hall–Kier alpha value is -1.21. The average molecular weight is 320 g/mol. The van der Waals surface area contributed by atoms with Gasteiger partial charge < -0.3 is 11.1 Å². The van der Waals surface area contributed by atoms with Crippen LogP contribution in [0.4, 0.5) is 14.5 Å². The lowest BCUT2D eigenvalue weighted by Crippen LogP contribution is -2.36. The lowest BCUT2D eigenvalue weighted by molar-refractivity contribution is 0.234. The third kappa shape index (κ3) is 4.14. The number of rotatable bonds is 8. The summed E-state index contributed by atoms with van der Waals surface area (Å²) in [7, 11) is -4.53. The number of nitrogens with one attached hydrogen (secondary N) is 1. The highest BCUT2D eigenvalue weighted by Crippen LogP contribution is 2.26. The van der Waals surface area contributed by atoms with Gasteiger partial charge in [-0.3, -0.25) is 0 Å². The number of alkyl halides is 2. The Labute approximate surface area is 124 Å². The molecule has 120 valence electrons. The monoisotopic (exact) mass is 320 g/mol. The molecule has 1 aromatic rings. The average Bonchev–Trinajstić information content (AvgIpc) is 2.49. The van der Waals surface area contributed by atoms with Crippen LogP contribution in [0.25, 0.3) is 0 Å². The fraction of sp³-hybridized carbons (Fsp3) is 0.571. The number of halogens is 2.